The number of benzene rings is 1. The predicted molar refractivity (Wildman–Crippen MR) is 76.6 cm³/mol. The van der Waals surface area contributed by atoms with Gasteiger partial charge in [0.15, 0.2) is 0 Å². The second kappa shape index (κ2) is 5.21. The predicted octanol–water partition coefficient (Wildman–Crippen LogP) is 3.93. The van der Waals surface area contributed by atoms with Gasteiger partial charge in [-0.05, 0) is 36.5 Å². The molecule has 2 aromatic rings. The summed E-state index contributed by atoms with van der Waals surface area (Å²) in [7, 11) is 2.03. The second-order valence-corrected chi connectivity index (χ2v) is 6.40. The summed E-state index contributed by atoms with van der Waals surface area (Å²) in [6.07, 6.45) is 4.15. The van der Waals surface area contributed by atoms with E-state index in [9.17, 15) is 0 Å². The average Bonchev–Trinajstić information content (AvgIpc) is 2.58. The molecule has 0 saturated heterocycles. The lowest BCUT2D eigenvalue weighted by Gasteiger charge is -2.12. The van der Waals surface area contributed by atoms with Gasteiger partial charge in [-0.1, -0.05) is 35.8 Å². The fourth-order valence-electron chi connectivity index (χ4n) is 2.16. The maximum absolute atomic E-state index is 4.39. The summed E-state index contributed by atoms with van der Waals surface area (Å²) >= 11 is 3.76. The molecule has 0 radical (unpaired) electrons. The van der Waals surface area contributed by atoms with Crippen LogP contribution in [0.2, 0.25) is 0 Å². The third kappa shape index (κ3) is 3.09. The molecule has 0 saturated carbocycles. The Labute approximate surface area is 111 Å². The van der Waals surface area contributed by atoms with E-state index in [0.29, 0.717) is 4.83 Å². The van der Waals surface area contributed by atoms with Crippen molar-refractivity contribution in [3.63, 3.8) is 0 Å². The Hall–Kier alpha value is -0.830. The summed E-state index contributed by atoms with van der Waals surface area (Å²) in [6.45, 7) is 4.52. The number of fused-ring (bicyclic) bond motifs is 1. The van der Waals surface area contributed by atoms with Gasteiger partial charge in [0.25, 0.3) is 0 Å². The minimum atomic E-state index is 0.559. The average molecular weight is 295 g/mol. The highest BCUT2D eigenvalue weighted by Gasteiger charge is 2.09. The van der Waals surface area contributed by atoms with Crippen molar-refractivity contribution in [1.82, 2.24) is 9.55 Å². The van der Waals surface area contributed by atoms with Gasteiger partial charge in [0.1, 0.15) is 0 Å². The first-order valence-electron chi connectivity index (χ1n) is 6.10. The Balaban J connectivity index is 2.14. The molecule has 0 bridgehead atoms. The number of nitrogens with zero attached hydrogens (tertiary/aromatic N) is 2. The molecule has 1 atom stereocenters. The van der Waals surface area contributed by atoms with Crippen LogP contribution < -0.4 is 0 Å². The quantitative estimate of drug-likeness (QED) is 0.782. The monoisotopic (exact) mass is 294 g/mol. The van der Waals surface area contributed by atoms with Crippen LogP contribution in [0.1, 0.15) is 25.8 Å². The minimum Gasteiger partial charge on any atom is -0.334 e. The molecule has 3 heteroatoms. The van der Waals surface area contributed by atoms with E-state index in [4.69, 9.17) is 0 Å². The van der Waals surface area contributed by atoms with Gasteiger partial charge in [0.05, 0.1) is 17.4 Å². The second-order valence-electron chi connectivity index (χ2n) is 5.11. The largest absolute Gasteiger partial charge is 0.334 e. The smallest absolute Gasteiger partial charge is 0.0955 e. The normalized spacial score (nSPS) is 13.5. The topological polar surface area (TPSA) is 17.8 Å². The molecule has 1 heterocycles. The van der Waals surface area contributed by atoms with Gasteiger partial charge in [-0.2, -0.15) is 0 Å². The highest BCUT2D eigenvalue weighted by atomic mass is 79.9. The molecule has 1 unspecified atom stereocenters. The van der Waals surface area contributed by atoms with Crippen LogP contribution in [0.5, 0.6) is 0 Å². The first kappa shape index (κ1) is 12.6. The number of imidazole rings is 1. The Morgan fingerprint density at radius 2 is 2.12 bits per heavy atom. The van der Waals surface area contributed by atoms with Crippen molar-refractivity contribution in [3.05, 3.63) is 30.1 Å². The number of aromatic nitrogens is 2. The van der Waals surface area contributed by atoms with Crippen molar-refractivity contribution in [1.29, 1.82) is 0 Å². The van der Waals surface area contributed by atoms with E-state index in [2.05, 4.69) is 57.5 Å². The lowest BCUT2D eigenvalue weighted by atomic mass is 10.0. The van der Waals surface area contributed by atoms with Crippen molar-refractivity contribution >= 4 is 27.0 Å². The fraction of sp³-hybridized carbons (Fsp3) is 0.500. The van der Waals surface area contributed by atoms with Crippen LogP contribution in [-0.2, 0) is 13.5 Å². The number of rotatable bonds is 4. The zero-order valence-corrected chi connectivity index (χ0v) is 12.2. The van der Waals surface area contributed by atoms with Gasteiger partial charge in [0.2, 0.25) is 0 Å². The minimum absolute atomic E-state index is 0.559. The molecule has 2 rings (SSSR count). The van der Waals surface area contributed by atoms with Gasteiger partial charge in [-0.25, -0.2) is 4.98 Å². The summed E-state index contributed by atoms with van der Waals surface area (Å²) in [5.74, 6) is 0.734. The highest BCUT2D eigenvalue weighted by Crippen LogP contribution is 2.20. The molecule has 0 aliphatic rings. The number of hydrogen-bond acceptors (Lipinski definition) is 1. The van der Waals surface area contributed by atoms with Crippen LogP contribution in [0.4, 0.5) is 0 Å². The third-order valence-electron chi connectivity index (χ3n) is 2.97. The molecule has 0 amide bonds. The standard InChI is InChI=1S/C14H19BrN2/c1-10(2)6-12(15)7-11-4-5-14-13(8-11)16-9-17(14)3/h4-5,8-10,12H,6-7H2,1-3H3. The Kier molecular flexibility index (Phi) is 3.87. The van der Waals surface area contributed by atoms with Crippen molar-refractivity contribution < 1.29 is 0 Å². The van der Waals surface area contributed by atoms with Crippen LogP contribution in [0.3, 0.4) is 0 Å². The number of aryl methyl sites for hydroxylation is 1. The maximum atomic E-state index is 4.39. The SMILES string of the molecule is CC(C)CC(Br)Cc1ccc2c(c1)ncn2C. The van der Waals surface area contributed by atoms with Crippen LogP contribution in [0.15, 0.2) is 24.5 Å². The fourth-order valence-corrected chi connectivity index (χ4v) is 3.28. The molecule has 0 aliphatic heterocycles. The van der Waals surface area contributed by atoms with Crippen molar-refractivity contribution in [2.75, 3.05) is 0 Å². The van der Waals surface area contributed by atoms with Gasteiger partial charge >= 0.3 is 0 Å². The molecular weight excluding hydrogens is 276 g/mol. The molecule has 0 N–H and O–H groups in total. The molecule has 1 aromatic heterocycles. The number of hydrogen-bond donors (Lipinski definition) is 0. The van der Waals surface area contributed by atoms with Gasteiger partial charge in [0, 0.05) is 11.9 Å². The van der Waals surface area contributed by atoms with Crippen LogP contribution in [0, 0.1) is 5.92 Å². The Morgan fingerprint density at radius 3 is 2.82 bits per heavy atom. The molecule has 0 spiro atoms. The van der Waals surface area contributed by atoms with E-state index in [-0.39, 0.29) is 0 Å². The molecule has 0 fully saturated rings. The number of alkyl halides is 1. The van der Waals surface area contributed by atoms with Gasteiger partial charge in [-0.3, -0.25) is 0 Å². The van der Waals surface area contributed by atoms with Gasteiger partial charge in [-0.15, -0.1) is 0 Å². The Morgan fingerprint density at radius 1 is 1.35 bits per heavy atom. The van der Waals surface area contributed by atoms with Crippen LogP contribution in [0.25, 0.3) is 11.0 Å². The summed E-state index contributed by atoms with van der Waals surface area (Å²) in [6, 6.07) is 6.56. The van der Waals surface area contributed by atoms with Crippen molar-refractivity contribution in [2.45, 2.75) is 31.5 Å². The van der Waals surface area contributed by atoms with E-state index in [1.165, 1.54) is 17.5 Å². The van der Waals surface area contributed by atoms with Crippen molar-refractivity contribution in [3.8, 4) is 0 Å². The van der Waals surface area contributed by atoms with Crippen molar-refractivity contribution in [2.24, 2.45) is 13.0 Å². The Bertz CT molecular complexity index is 502. The number of halogens is 1. The van der Waals surface area contributed by atoms with E-state index < -0.39 is 0 Å². The molecule has 1 aromatic carbocycles. The molecule has 2 nitrogen and oxygen atoms in total. The lowest BCUT2D eigenvalue weighted by molar-refractivity contribution is 0.571. The van der Waals surface area contributed by atoms with Crippen LogP contribution in [-0.4, -0.2) is 14.4 Å². The van der Waals surface area contributed by atoms with E-state index in [1.54, 1.807) is 0 Å². The molecule has 0 aliphatic carbocycles. The van der Waals surface area contributed by atoms with E-state index >= 15 is 0 Å². The van der Waals surface area contributed by atoms with Crippen LogP contribution >= 0.6 is 15.9 Å². The van der Waals surface area contributed by atoms with E-state index in [0.717, 1.165) is 17.9 Å². The summed E-state index contributed by atoms with van der Waals surface area (Å²) in [4.78, 5) is 4.95. The molecule has 92 valence electrons. The first-order chi connectivity index (χ1) is 8.06. The lowest BCUT2D eigenvalue weighted by Crippen LogP contribution is -2.06. The maximum Gasteiger partial charge on any atom is 0.0955 e. The summed E-state index contributed by atoms with van der Waals surface area (Å²) in [5.41, 5.74) is 3.65. The highest BCUT2D eigenvalue weighted by molar-refractivity contribution is 9.09. The molecular formula is C14H19BrN2. The third-order valence-corrected chi connectivity index (χ3v) is 3.67. The summed E-state index contributed by atoms with van der Waals surface area (Å²) in [5, 5.41) is 0. The van der Waals surface area contributed by atoms with Gasteiger partial charge < -0.3 is 4.57 Å². The first-order valence-corrected chi connectivity index (χ1v) is 7.02. The zero-order valence-electron chi connectivity index (χ0n) is 10.7. The summed E-state index contributed by atoms with van der Waals surface area (Å²) < 4.78 is 2.05. The van der Waals surface area contributed by atoms with E-state index in [1.807, 2.05) is 13.4 Å². The molecule has 17 heavy (non-hydrogen) atoms. The zero-order chi connectivity index (χ0) is 12.4.